The molecule has 1 aromatic carbocycles. The minimum atomic E-state index is 0.0863. The first-order chi connectivity index (χ1) is 9.61. The summed E-state index contributed by atoms with van der Waals surface area (Å²) in [6, 6.07) is 5.56. The van der Waals surface area contributed by atoms with E-state index >= 15 is 0 Å². The fourth-order valence-corrected chi connectivity index (χ4v) is 3.58. The second-order valence-electron chi connectivity index (χ2n) is 5.20. The van der Waals surface area contributed by atoms with Gasteiger partial charge in [0, 0.05) is 10.9 Å². The van der Waals surface area contributed by atoms with Gasteiger partial charge in [-0.25, -0.2) is 4.98 Å². The smallest absolute Gasteiger partial charge is 0.229 e. The lowest BCUT2D eigenvalue weighted by Gasteiger charge is -2.27. The van der Waals surface area contributed by atoms with Gasteiger partial charge >= 0.3 is 0 Å². The lowest BCUT2D eigenvalue weighted by molar-refractivity contribution is -0.121. The second-order valence-corrected chi connectivity index (χ2v) is 6.66. The van der Waals surface area contributed by atoms with E-state index in [-0.39, 0.29) is 11.8 Å². The Morgan fingerprint density at radius 2 is 2.20 bits per heavy atom. The van der Waals surface area contributed by atoms with Crippen molar-refractivity contribution >= 4 is 44.2 Å². The van der Waals surface area contributed by atoms with Gasteiger partial charge in [0.1, 0.15) is 0 Å². The van der Waals surface area contributed by atoms with Crippen LogP contribution in [-0.4, -0.2) is 35.9 Å². The van der Waals surface area contributed by atoms with Gasteiger partial charge in [0.2, 0.25) is 5.91 Å². The zero-order valence-corrected chi connectivity index (χ0v) is 12.8. The van der Waals surface area contributed by atoms with Crippen LogP contribution in [0, 0.1) is 5.92 Å². The number of rotatable bonds is 2. The number of halogens is 1. The maximum atomic E-state index is 12.2. The molecule has 1 N–H and O–H groups in total. The Kier molecular flexibility index (Phi) is 3.92. The van der Waals surface area contributed by atoms with Crippen molar-refractivity contribution in [2.24, 2.45) is 5.92 Å². The number of nitrogens with one attached hydrogen (secondary N) is 1. The van der Waals surface area contributed by atoms with Crippen LogP contribution in [-0.2, 0) is 4.79 Å². The molecule has 1 aliphatic heterocycles. The van der Waals surface area contributed by atoms with Gasteiger partial charge in [-0.1, -0.05) is 22.9 Å². The van der Waals surface area contributed by atoms with Crippen LogP contribution in [0.1, 0.15) is 12.8 Å². The quantitative estimate of drug-likeness (QED) is 0.926. The van der Waals surface area contributed by atoms with Crippen LogP contribution in [0.4, 0.5) is 5.13 Å². The number of piperidine rings is 1. The van der Waals surface area contributed by atoms with E-state index in [0.29, 0.717) is 10.2 Å². The van der Waals surface area contributed by atoms with E-state index in [1.54, 1.807) is 0 Å². The average molecular weight is 310 g/mol. The molecule has 1 fully saturated rings. The molecule has 1 saturated heterocycles. The Morgan fingerprint density at radius 3 is 2.95 bits per heavy atom. The van der Waals surface area contributed by atoms with Gasteiger partial charge in [-0.3, -0.25) is 4.79 Å². The predicted molar refractivity (Wildman–Crippen MR) is 83.5 cm³/mol. The first kappa shape index (κ1) is 13.8. The van der Waals surface area contributed by atoms with Crippen LogP contribution in [0.3, 0.4) is 0 Å². The molecule has 2 aromatic rings. The highest BCUT2D eigenvalue weighted by Gasteiger charge is 2.24. The minimum absolute atomic E-state index is 0.0863. The fraction of sp³-hybridized carbons (Fsp3) is 0.429. The summed E-state index contributed by atoms with van der Waals surface area (Å²) in [5, 5.41) is 4.29. The third kappa shape index (κ3) is 2.95. The van der Waals surface area contributed by atoms with E-state index in [0.717, 1.165) is 36.1 Å². The number of carbonyl (C=O) groups is 1. The Bertz CT molecular complexity index is 634. The molecular formula is C14H16ClN3OS. The molecule has 0 aliphatic carbocycles. The zero-order chi connectivity index (χ0) is 14.1. The highest BCUT2D eigenvalue weighted by atomic mass is 35.5. The largest absolute Gasteiger partial charge is 0.306 e. The van der Waals surface area contributed by atoms with Gasteiger partial charge in [0.05, 0.1) is 10.2 Å². The molecule has 20 heavy (non-hydrogen) atoms. The highest BCUT2D eigenvalue weighted by molar-refractivity contribution is 7.22. The van der Waals surface area contributed by atoms with Gasteiger partial charge in [0.25, 0.3) is 0 Å². The van der Waals surface area contributed by atoms with Crippen LogP contribution >= 0.6 is 22.9 Å². The van der Waals surface area contributed by atoms with E-state index in [1.165, 1.54) is 11.3 Å². The topological polar surface area (TPSA) is 45.2 Å². The number of aromatic nitrogens is 1. The molecule has 0 bridgehead atoms. The molecule has 1 amide bonds. The van der Waals surface area contributed by atoms with E-state index in [4.69, 9.17) is 11.6 Å². The van der Waals surface area contributed by atoms with Gasteiger partial charge in [-0.15, -0.1) is 0 Å². The normalized spacial score (nSPS) is 17.5. The third-order valence-electron chi connectivity index (χ3n) is 3.67. The monoisotopic (exact) mass is 309 g/mol. The van der Waals surface area contributed by atoms with Crippen molar-refractivity contribution in [1.82, 2.24) is 9.88 Å². The van der Waals surface area contributed by atoms with Crippen LogP contribution in [0.15, 0.2) is 18.2 Å². The number of hydrogen-bond acceptors (Lipinski definition) is 4. The molecule has 0 spiro atoms. The zero-order valence-electron chi connectivity index (χ0n) is 11.2. The van der Waals surface area contributed by atoms with Gasteiger partial charge < -0.3 is 10.2 Å². The molecule has 3 rings (SSSR count). The summed E-state index contributed by atoms with van der Waals surface area (Å²) in [5.41, 5.74) is 0.873. The molecule has 2 heterocycles. The average Bonchev–Trinajstić information content (AvgIpc) is 2.80. The standard InChI is InChI=1S/C14H16ClN3OS/c1-18-6-4-9(5-7-18)13(19)17-14-16-11-3-2-10(15)8-12(11)20-14/h2-3,8-9H,4-7H2,1H3,(H,16,17,19). The van der Waals surface area contributed by atoms with E-state index in [2.05, 4.69) is 22.2 Å². The summed E-state index contributed by atoms with van der Waals surface area (Å²) in [6.07, 6.45) is 1.83. The minimum Gasteiger partial charge on any atom is -0.306 e. The number of fused-ring (bicyclic) bond motifs is 1. The third-order valence-corrected chi connectivity index (χ3v) is 4.84. The second kappa shape index (κ2) is 5.68. The van der Waals surface area contributed by atoms with Crippen LogP contribution in [0.5, 0.6) is 0 Å². The van der Waals surface area contributed by atoms with Crippen LogP contribution < -0.4 is 5.32 Å². The molecular weight excluding hydrogens is 294 g/mol. The summed E-state index contributed by atoms with van der Waals surface area (Å²) in [4.78, 5) is 18.9. The van der Waals surface area contributed by atoms with Crippen LogP contribution in [0.25, 0.3) is 10.2 Å². The van der Waals surface area contributed by atoms with Crippen molar-refractivity contribution in [1.29, 1.82) is 0 Å². The number of hydrogen-bond donors (Lipinski definition) is 1. The molecule has 1 aliphatic rings. The highest BCUT2D eigenvalue weighted by Crippen LogP contribution is 2.29. The van der Waals surface area contributed by atoms with E-state index < -0.39 is 0 Å². The maximum Gasteiger partial charge on any atom is 0.229 e. The summed E-state index contributed by atoms with van der Waals surface area (Å²) < 4.78 is 0.996. The Morgan fingerprint density at radius 1 is 1.45 bits per heavy atom. The maximum absolute atomic E-state index is 12.2. The number of carbonyl (C=O) groups excluding carboxylic acids is 1. The number of likely N-dealkylation sites (tertiary alicyclic amines) is 1. The number of amides is 1. The lowest BCUT2D eigenvalue weighted by atomic mass is 9.96. The molecule has 1 aromatic heterocycles. The molecule has 0 unspecified atom stereocenters. The predicted octanol–water partition coefficient (Wildman–Crippen LogP) is 3.23. The first-order valence-corrected chi connectivity index (χ1v) is 7.87. The Labute approximate surface area is 126 Å². The van der Waals surface area contributed by atoms with Gasteiger partial charge in [-0.05, 0) is 51.2 Å². The number of anilines is 1. The van der Waals surface area contributed by atoms with Crippen molar-refractivity contribution in [2.45, 2.75) is 12.8 Å². The van der Waals surface area contributed by atoms with Crippen molar-refractivity contribution in [2.75, 3.05) is 25.5 Å². The molecule has 6 heteroatoms. The summed E-state index contributed by atoms with van der Waals surface area (Å²) >= 11 is 7.42. The number of benzene rings is 1. The summed E-state index contributed by atoms with van der Waals surface area (Å²) in [5.74, 6) is 0.185. The fourth-order valence-electron chi connectivity index (χ4n) is 2.43. The van der Waals surface area contributed by atoms with E-state index in [1.807, 2.05) is 18.2 Å². The van der Waals surface area contributed by atoms with Crippen molar-refractivity contribution in [3.8, 4) is 0 Å². The molecule has 0 radical (unpaired) electrons. The van der Waals surface area contributed by atoms with Crippen molar-refractivity contribution in [3.05, 3.63) is 23.2 Å². The lowest BCUT2D eigenvalue weighted by Crippen LogP contribution is -2.35. The molecule has 0 atom stereocenters. The number of nitrogens with zero attached hydrogens (tertiary/aromatic N) is 2. The molecule has 4 nitrogen and oxygen atoms in total. The molecule has 106 valence electrons. The van der Waals surface area contributed by atoms with Crippen LogP contribution in [0.2, 0.25) is 5.02 Å². The summed E-state index contributed by atoms with van der Waals surface area (Å²) in [7, 11) is 2.09. The van der Waals surface area contributed by atoms with Crippen molar-refractivity contribution in [3.63, 3.8) is 0 Å². The molecule has 0 saturated carbocycles. The first-order valence-electron chi connectivity index (χ1n) is 6.67. The van der Waals surface area contributed by atoms with Gasteiger partial charge in [0.15, 0.2) is 5.13 Å². The SMILES string of the molecule is CN1CCC(C(=O)Nc2nc3ccc(Cl)cc3s2)CC1. The summed E-state index contributed by atoms with van der Waals surface area (Å²) in [6.45, 7) is 1.96. The van der Waals surface area contributed by atoms with Crippen molar-refractivity contribution < 1.29 is 4.79 Å². The van der Waals surface area contributed by atoms with Gasteiger partial charge in [-0.2, -0.15) is 0 Å². The Hall–Kier alpha value is -1.17. The number of thiazole rings is 1. The van der Waals surface area contributed by atoms with E-state index in [9.17, 15) is 4.79 Å². The Balaban J connectivity index is 1.71.